The predicted octanol–water partition coefficient (Wildman–Crippen LogP) is 5.58. The Morgan fingerprint density at radius 1 is 0.889 bits per heavy atom. The van der Waals surface area contributed by atoms with Crippen LogP contribution in [0.4, 0.5) is 0 Å². The zero-order valence-corrected chi connectivity index (χ0v) is 21.7. The molecule has 1 unspecified atom stereocenters. The van der Waals surface area contributed by atoms with Crippen molar-refractivity contribution in [1.82, 2.24) is 0 Å². The molecule has 0 amide bonds. The van der Waals surface area contributed by atoms with Gasteiger partial charge in [-0.05, 0) is 49.2 Å². The number of rotatable bonds is 8. The molecule has 0 radical (unpaired) electrons. The normalized spacial score (nSPS) is 13.0. The number of hydrogen-bond donors (Lipinski definition) is 0. The van der Waals surface area contributed by atoms with Crippen molar-refractivity contribution < 1.29 is 28.5 Å². The number of hydrogen-bond acceptors (Lipinski definition) is 8. The lowest BCUT2D eigenvalue weighted by molar-refractivity contribution is -0.145. The first kappa shape index (κ1) is 26.7. The van der Waals surface area contributed by atoms with E-state index in [1.165, 1.54) is 34.7 Å². The molecule has 8 heteroatoms. The van der Waals surface area contributed by atoms with Crippen molar-refractivity contribution in [3.05, 3.63) is 65.7 Å². The smallest absolute Gasteiger partial charge is 0.317 e. The van der Waals surface area contributed by atoms with Gasteiger partial charge in [-0.2, -0.15) is 5.10 Å². The molecule has 0 spiro atoms. The van der Waals surface area contributed by atoms with Crippen molar-refractivity contribution in [3.63, 3.8) is 0 Å². The largest absolute Gasteiger partial charge is 0.493 e. The summed E-state index contributed by atoms with van der Waals surface area (Å²) in [5.41, 5.74) is 0.700. The Bertz CT molecular complexity index is 1250. The zero-order valence-electron chi connectivity index (χ0n) is 21.7. The second-order valence-corrected chi connectivity index (χ2v) is 8.97. The number of nitrogens with zero attached hydrogens (tertiary/aromatic N) is 2. The molecule has 0 heterocycles. The summed E-state index contributed by atoms with van der Waals surface area (Å²) in [6, 6.07) is 17.2. The molecule has 0 aliphatic carbocycles. The standard InChI is InChI=1S/C28H32N2O6/c1-28(2,3)27(31)36-26(24(34-6)21-14-10-12-19-11-8-9-13-20(19)21)30-29-17-18-15-22(32-4)25(35-7)23(16-18)33-5/h8-17,24H,1-7H3. The Kier molecular flexibility index (Phi) is 8.66. The molecule has 0 aromatic heterocycles. The van der Waals surface area contributed by atoms with Crippen LogP contribution >= 0.6 is 0 Å². The van der Waals surface area contributed by atoms with E-state index in [0.717, 1.165) is 16.3 Å². The van der Waals surface area contributed by atoms with Crippen LogP contribution in [0.25, 0.3) is 10.8 Å². The number of methoxy groups -OCH3 is 4. The molecular weight excluding hydrogens is 460 g/mol. The molecule has 0 saturated carbocycles. The summed E-state index contributed by atoms with van der Waals surface area (Å²) >= 11 is 0. The third-order valence-corrected chi connectivity index (χ3v) is 5.43. The summed E-state index contributed by atoms with van der Waals surface area (Å²) in [7, 11) is 6.14. The maximum atomic E-state index is 12.8. The maximum absolute atomic E-state index is 12.8. The lowest BCUT2D eigenvalue weighted by Crippen LogP contribution is -2.29. The summed E-state index contributed by atoms with van der Waals surface area (Å²) in [6.07, 6.45) is 0.741. The van der Waals surface area contributed by atoms with E-state index >= 15 is 0 Å². The van der Waals surface area contributed by atoms with Gasteiger partial charge in [-0.1, -0.05) is 42.5 Å². The maximum Gasteiger partial charge on any atom is 0.317 e. The van der Waals surface area contributed by atoms with E-state index in [1.54, 1.807) is 32.9 Å². The highest BCUT2D eigenvalue weighted by Gasteiger charge is 2.30. The van der Waals surface area contributed by atoms with Gasteiger partial charge in [0.15, 0.2) is 17.6 Å². The molecule has 0 fully saturated rings. The van der Waals surface area contributed by atoms with E-state index in [0.29, 0.717) is 22.8 Å². The SMILES string of the molecule is COc1cc(C=NN=C(OC(=O)C(C)(C)C)C(OC)c2cccc3ccccc23)cc(OC)c1OC. The first-order valence-corrected chi connectivity index (χ1v) is 11.4. The Labute approximate surface area is 211 Å². The van der Waals surface area contributed by atoms with Gasteiger partial charge in [-0.25, -0.2) is 0 Å². The van der Waals surface area contributed by atoms with E-state index in [2.05, 4.69) is 10.2 Å². The van der Waals surface area contributed by atoms with E-state index in [1.807, 2.05) is 42.5 Å². The lowest BCUT2D eigenvalue weighted by Gasteiger charge is -2.22. The Hall–Kier alpha value is -3.91. The summed E-state index contributed by atoms with van der Waals surface area (Å²) in [5, 5.41) is 10.5. The van der Waals surface area contributed by atoms with Crippen molar-refractivity contribution >= 4 is 28.9 Å². The number of benzene rings is 3. The van der Waals surface area contributed by atoms with Crippen molar-refractivity contribution in [3.8, 4) is 17.2 Å². The molecule has 3 aromatic carbocycles. The second-order valence-electron chi connectivity index (χ2n) is 8.97. The van der Waals surface area contributed by atoms with E-state index < -0.39 is 17.5 Å². The topological polar surface area (TPSA) is 87.9 Å². The number of fused-ring (bicyclic) bond motifs is 1. The van der Waals surface area contributed by atoms with Crippen molar-refractivity contribution in [2.24, 2.45) is 15.6 Å². The Morgan fingerprint density at radius 3 is 2.11 bits per heavy atom. The highest BCUT2D eigenvalue weighted by atomic mass is 16.6. The summed E-state index contributed by atoms with van der Waals surface area (Å²) in [5.74, 6) is 0.999. The molecular formula is C28H32N2O6. The first-order valence-electron chi connectivity index (χ1n) is 11.4. The molecule has 8 nitrogen and oxygen atoms in total. The van der Waals surface area contributed by atoms with Gasteiger partial charge in [-0.3, -0.25) is 4.79 Å². The fraction of sp³-hybridized carbons (Fsp3) is 0.321. The molecule has 0 bridgehead atoms. The van der Waals surface area contributed by atoms with Crippen LogP contribution in [0.5, 0.6) is 17.2 Å². The van der Waals surface area contributed by atoms with Crippen LogP contribution in [0.15, 0.2) is 64.8 Å². The molecule has 36 heavy (non-hydrogen) atoms. The van der Waals surface area contributed by atoms with Gasteiger partial charge >= 0.3 is 5.97 Å². The Balaban J connectivity index is 2.06. The van der Waals surface area contributed by atoms with Crippen LogP contribution < -0.4 is 14.2 Å². The number of carbonyl (C=O) groups is 1. The van der Waals surface area contributed by atoms with Gasteiger partial charge in [0, 0.05) is 12.7 Å². The fourth-order valence-electron chi connectivity index (χ4n) is 3.54. The van der Waals surface area contributed by atoms with Crippen LogP contribution in [0.1, 0.15) is 38.0 Å². The molecule has 190 valence electrons. The minimum absolute atomic E-state index is 0.0254. The van der Waals surface area contributed by atoms with Crippen LogP contribution in [0, 0.1) is 5.41 Å². The van der Waals surface area contributed by atoms with Crippen molar-refractivity contribution in [2.75, 3.05) is 28.4 Å². The van der Waals surface area contributed by atoms with Crippen molar-refractivity contribution in [1.29, 1.82) is 0 Å². The molecule has 0 aliphatic rings. The molecule has 0 aliphatic heterocycles. The highest BCUT2D eigenvalue weighted by molar-refractivity contribution is 5.97. The third-order valence-electron chi connectivity index (χ3n) is 5.43. The van der Waals surface area contributed by atoms with Gasteiger partial charge in [0.1, 0.15) is 0 Å². The van der Waals surface area contributed by atoms with Gasteiger partial charge in [0.25, 0.3) is 5.90 Å². The van der Waals surface area contributed by atoms with Crippen LogP contribution in [0.2, 0.25) is 0 Å². The minimum Gasteiger partial charge on any atom is -0.493 e. The lowest BCUT2D eigenvalue weighted by atomic mass is 9.97. The minimum atomic E-state index is -0.764. The zero-order chi connectivity index (χ0) is 26.3. The van der Waals surface area contributed by atoms with E-state index in [9.17, 15) is 4.79 Å². The molecule has 1 atom stereocenters. The average molecular weight is 493 g/mol. The molecule has 3 aromatic rings. The number of carbonyl (C=O) groups excluding carboxylic acids is 1. The molecule has 0 saturated heterocycles. The quantitative estimate of drug-likeness (QED) is 0.177. The summed E-state index contributed by atoms with van der Waals surface area (Å²) in [6.45, 7) is 5.31. The third kappa shape index (κ3) is 6.01. The predicted molar refractivity (Wildman–Crippen MR) is 140 cm³/mol. The first-order chi connectivity index (χ1) is 17.2. The second kappa shape index (κ2) is 11.7. The fourth-order valence-corrected chi connectivity index (χ4v) is 3.54. The van der Waals surface area contributed by atoms with Crippen LogP contribution in [-0.2, 0) is 14.3 Å². The number of esters is 1. The highest BCUT2D eigenvalue weighted by Crippen LogP contribution is 2.37. The van der Waals surface area contributed by atoms with Gasteiger partial charge in [-0.15, -0.1) is 5.10 Å². The van der Waals surface area contributed by atoms with Gasteiger partial charge in [0.05, 0.1) is 33.0 Å². The monoisotopic (exact) mass is 492 g/mol. The summed E-state index contributed by atoms with van der Waals surface area (Å²) in [4.78, 5) is 12.8. The van der Waals surface area contributed by atoms with E-state index in [4.69, 9.17) is 23.7 Å². The van der Waals surface area contributed by atoms with Crippen molar-refractivity contribution in [2.45, 2.75) is 26.9 Å². The number of ether oxygens (including phenoxy) is 5. The average Bonchev–Trinajstić information content (AvgIpc) is 2.87. The molecule has 3 rings (SSSR count). The van der Waals surface area contributed by atoms with Crippen LogP contribution in [0.3, 0.4) is 0 Å². The van der Waals surface area contributed by atoms with Gasteiger partial charge in [0.2, 0.25) is 5.75 Å². The van der Waals surface area contributed by atoms with Gasteiger partial charge < -0.3 is 23.7 Å². The molecule has 0 N–H and O–H groups in total. The van der Waals surface area contributed by atoms with E-state index in [-0.39, 0.29) is 5.90 Å². The summed E-state index contributed by atoms with van der Waals surface area (Å²) < 4.78 is 27.7. The van der Waals surface area contributed by atoms with Crippen LogP contribution in [-0.4, -0.2) is 46.5 Å². The Morgan fingerprint density at radius 2 is 1.53 bits per heavy atom.